The SMILES string of the molecule is C=CCC(=O)c1cn(CCN)cn1. The lowest BCUT2D eigenvalue weighted by Gasteiger charge is -1.95. The Bertz CT molecular complexity index is 304. The first-order chi connectivity index (χ1) is 6.27. The first-order valence-electron chi connectivity index (χ1n) is 4.14. The summed E-state index contributed by atoms with van der Waals surface area (Å²) in [5, 5.41) is 0. The van der Waals surface area contributed by atoms with Crippen molar-refractivity contribution in [1.29, 1.82) is 0 Å². The Kier molecular flexibility index (Phi) is 3.40. The number of Topliss-reactive ketones (excluding diaryl/α,β-unsaturated/α-hetero) is 1. The van der Waals surface area contributed by atoms with Crippen molar-refractivity contribution in [2.75, 3.05) is 6.54 Å². The van der Waals surface area contributed by atoms with E-state index in [4.69, 9.17) is 5.73 Å². The average Bonchev–Trinajstić information content (AvgIpc) is 2.54. The molecule has 1 aromatic rings. The molecule has 4 nitrogen and oxygen atoms in total. The van der Waals surface area contributed by atoms with Crippen LogP contribution in [0.15, 0.2) is 25.2 Å². The van der Waals surface area contributed by atoms with Crippen molar-refractivity contribution in [2.45, 2.75) is 13.0 Å². The molecule has 0 fully saturated rings. The minimum absolute atomic E-state index is 0.00854. The molecular formula is C9H13N3O. The summed E-state index contributed by atoms with van der Waals surface area (Å²) >= 11 is 0. The highest BCUT2D eigenvalue weighted by Crippen LogP contribution is 2.00. The Morgan fingerprint density at radius 1 is 1.77 bits per heavy atom. The fourth-order valence-corrected chi connectivity index (χ4v) is 1.01. The molecular weight excluding hydrogens is 166 g/mol. The molecule has 4 heteroatoms. The average molecular weight is 179 g/mol. The fraction of sp³-hybridized carbons (Fsp3) is 0.333. The van der Waals surface area contributed by atoms with Crippen LogP contribution >= 0.6 is 0 Å². The van der Waals surface area contributed by atoms with Gasteiger partial charge >= 0.3 is 0 Å². The highest BCUT2D eigenvalue weighted by atomic mass is 16.1. The summed E-state index contributed by atoms with van der Waals surface area (Å²) in [4.78, 5) is 15.2. The lowest BCUT2D eigenvalue weighted by atomic mass is 10.2. The van der Waals surface area contributed by atoms with Crippen LogP contribution in [0.2, 0.25) is 0 Å². The summed E-state index contributed by atoms with van der Waals surface area (Å²) in [6, 6.07) is 0. The van der Waals surface area contributed by atoms with E-state index in [9.17, 15) is 4.79 Å². The number of nitrogens with zero attached hydrogens (tertiary/aromatic N) is 2. The minimum atomic E-state index is -0.00854. The van der Waals surface area contributed by atoms with Gasteiger partial charge in [0.15, 0.2) is 5.78 Å². The highest BCUT2D eigenvalue weighted by Gasteiger charge is 2.06. The van der Waals surface area contributed by atoms with E-state index < -0.39 is 0 Å². The molecule has 0 amide bonds. The van der Waals surface area contributed by atoms with E-state index in [1.54, 1.807) is 23.2 Å². The maximum atomic E-state index is 11.3. The monoisotopic (exact) mass is 179 g/mol. The first kappa shape index (κ1) is 9.67. The van der Waals surface area contributed by atoms with Crippen LogP contribution in [0, 0.1) is 0 Å². The second kappa shape index (κ2) is 4.57. The van der Waals surface area contributed by atoms with Crippen LogP contribution in [-0.4, -0.2) is 21.9 Å². The van der Waals surface area contributed by atoms with E-state index in [1.165, 1.54) is 0 Å². The predicted molar refractivity (Wildman–Crippen MR) is 50.4 cm³/mol. The molecule has 0 aliphatic carbocycles. The van der Waals surface area contributed by atoms with E-state index in [0.29, 0.717) is 25.2 Å². The Hall–Kier alpha value is -1.42. The number of rotatable bonds is 5. The van der Waals surface area contributed by atoms with Crippen LogP contribution in [0.3, 0.4) is 0 Å². The molecule has 1 heterocycles. The molecule has 1 aromatic heterocycles. The molecule has 1 rings (SSSR count). The number of imidazole rings is 1. The van der Waals surface area contributed by atoms with Crippen LogP contribution < -0.4 is 5.73 Å². The highest BCUT2D eigenvalue weighted by molar-refractivity contribution is 5.94. The summed E-state index contributed by atoms with van der Waals surface area (Å²) < 4.78 is 1.80. The molecule has 2 N–H and O–H groups in total. The summed E-state index contributed by atoms with van der Waals surface area (Å²) in [6.45, 7) is 4.73. The normalized spacial score (nSPS) is 9.92. The molecule has 0 spiro atoms. The molecule has 0 saturated carbocycles. The molecule has 0 unspecified atom stereocenters. The quantitative estimate of drug-likeness (QED) is 0.532. The number of nitrogens with two attached hydrogens (primary N) is 1. The van der Waals surface area contributed by atoms with Gasteiger partial charge in [-0.2, -0.15) is 0 Å². The number of carbonyl (C=O) groups excluding carboxylic acids is 1. The van der Waals surface area contributed by atoms with Gasteiger partial charge in [-0.25, -0.2) is 4.98 Å². The second-order valence-electron chi connectivity index (χ2n) is 2.70. The van der Waals surface area contributed by atoms with Crippen LogP contribution in [-0.2, 0) is 6.54 Å². The first-order valence-corrected chi connectivity index (χ1v) is 4.14. The number of hydrogen-bond acceptors (Lipinski definition) is 3. The molecule has 0 aliphatic heterocycles. The van der Waals surface area contributed by atoms with Gasteiger partial charge in [0.25, 0.3) is 0 Å². The van der Waals surface area contributed by atoms with Gasteiger partial charge in [-0.15, -0.1) is 6.58 Å². The van der Waals surface area contributed by atoms with Crippen molar-refractivity contribution in [3.8, 4) is 0 Å². The topological polar surface area (TPSA) is 60.9 Å². The smallest absolute Gasteiger partial charge is 0.186 e. The Balaban J connectivity index is 2.67. The largest absolute Gasteiger partial charge is 0.335 e. The molecule has 0 saturated heterocycles. The number of ketones is 1. The standard InChI is InChI=1S/C9H13N3O/c1-2-3-9(13)8-6-12(5-4-10)7-11-8/h2,6-7H,1,3-5,10H2. The van der Waals surface area contributed by atoms with Gasteiger partial charge in [-0.3, -0.25) is 4.79 Å². The van der Waals surface area contributed by atoms with Gasteiger partial charge in [0.05, 0.1) is 6.33 Å². The van der Waals surface area contributed by atoms with E-state index in [0.717, 1.165) is 0 Å². The summed E-state index contributed by atoms with van der Waals surface area (Å²) in [7, 11) is 0. The van der Waals surface area contributed by atoms with Crippen LogP contribution in [0.4, 0.5) is 0 Å². The number of hydrogen-bond donors (Lipinski definition) is 1. The van der Waals surface area contributed by atoms with Crippen molar-refractivity contribution in [1.82, 2.24) is 9.55 Å². The zero-order chi connectivity index (χ0) is 9.68. The van der Waals surface area contributed by atoms with E-state index >= 15 is 0 Å². The predicted octanol–water partition coefficient (Wildman–Crippen LogP) is 0.601. The lowest BCUT2D eigenvalue weighted by molar-refractivity contribution is 0.0991. The molecule has 0 radical (unpaired) electrons. The summed E-state index contributed by atoms with van der Waals surface area (Å²) in [5.74, 6) is -0.00854. The Labute approximate surface area is 77.1 Å². The molecule has 0 bridgehead atoms. The molecule has 0 aromatic carbocycles. The van der Waals surface area contributed by atoms with Crippen molar-refractivity contribution in [3.63, 3.8) is 0 Å². The zero-order valence-electron chi connectivity index (χ0n) is 7.44. The van der Waals surface area contributed by atoms with E-state index in [-0.39, 0.29) is 5.78 Å². The fourth-order valence-electron chi connectivity index (χ4n) is 1.01. The van der Waals surface area contributed by atoms with Crippen LogP contribution in [0.25, 0.3) is 0 Å². The Morgan fingerprint density at radius 3 is 3.15 bits per heavy atom. The second-order valence-corrected chi connectivity index (χ2v) is 2.70. The van der Waals surface area contributed by atoms with Gasteiger partial charge in [0.2, 0.25) is 0 Å². The third-order valence-electron chi connectivity index (χ3n) is 1.64. The molecule has 0 atom stereocenters. The number of carbonyl (C=O) groups is 1. The van der Waals surface area contributed by atoms with Gasteiger partial charge in [-0.05, 0) is 0 Å². The van der Waals surface area contributed by atoms with Gasteiger partial charge in [-0.1, -0.05) is 6.08 Å². The van der Waals surface area contributed by atoms with E-state index in [2.05, 4.69) is 11.6 Å². The maximum absolute atomic E-state index is 11.3. The van der Waals surface area contributed by atoms with E-state index in [1.807, 2.05) is 0 Å². The van der Waals surface area contributed by atoms with Crippen molar-refractivity contribution < 1.29 is 4.79 Å². The van der Waals surface area contributed by atoms with Crippen LogP contribution in [0.1, 0.15) is 16.9 Å². The Morgan fingerprint density at radius 2 is 2.54 bits per heavy atom. The molecule has 0 aliphatic rings. The lowest BCUT2D eigenvalue weighted by Crippen LogP contribution is -2.08. The molecule has 70 valence electrons. The third-order valence-corrected chi connectivity index (χ3v) is 1.64. The third kappa shape index (κ3) is 2.52. The van der Waals surface area contributed by atoms with Gasteiger partial charge in [0.1, 0.15) is 5.69 Å². The summed E-state index contributed by atoms with van der Waals surface area (Å²) in [6.07, 6.45) is 5.23. The van der Waals surface area contributed by atoms with Crippen molar-refractivity contribution >= 4 is 5.78 Å². The van der Waals surface area contributed by atoms with Gasteiger partial charge < -0.3 is 10.3 Å². The number of aromatic nitrogens is 2. The van der Waals surface area contributed by atoms with Gasteiger partial charge in [0, 0.05) is 25.7 Å². The zero-order valence-corrected chi connectivity index (χ0v) is 7.44. The van der Waals surface area contributed by atoms with Crippen LogP contribution in [0.5, 0.6) is 0 Å². The summed E-state index contributed by atoms with van der Waals surface area (Å²) in [5.41, 5.74) is 5.83. The number of allylic oxidation sites excluding steroid dienone is 1. The minimum Gasteiger partial charge on any atom is -0.335 e. The molecule has 13 heavy (non-hydrogen) atoms. The van der Waals surface area contributed by atoms with Crippen molar-refractivity contribution in [2.24, 2.45) is 5.73 Å². The van der Waals surface area contributed by atoms with Crippen molar-refractivity contribution in [3.05, 3.63) is 30.9 Å². The maximum Gasteiger partial charge on any atom is 0.186 e.